The summed E-state index contributed by atoms with van der Waals surface area (Å²) in [5.74, 6) is -1.75. The van der Waals surface area contributed by atoms with Gasteiger partial charge in [0.15, 0.2) is 0 Å². The summed E-state index contributed by atoms with van der Waals surface area (Å²) in [5.41, 5.74) is 6.55. The van der Waals surface area contributed by atoms with E-state index in [9.17, 15) is 14.0 Å². The van der Waals surface area contributed by atoms with E-state index in [1.165, 1.54) is 23.0 Å². The average molecular weight is 304 g/mol. The third-order valence-corrected chi connectivity index (χ3v) is 3.27. The van der Waals surface area contributed by atoms with Gasteiger partial charge in [-0.05, 0) is 24.1 Å². The van der Waals surface area contributed by atoms with Crippen molar-refractivity contribution in [2.24, 2.45) is 18.7 Å². The molecule has 0 fully saturated rings. The highest BCUT2D eigenvalue weighted by Crippen LogP contribution is 2.10. The smallest absolute Gasteiger partial charge is 0.254 e. The minimum atomic E-state index is -0.564. The lowest BCUT2D eigenvalue weighted by Crippen LogP contribution is -2.37. The van der Waals surface area contributed by atoms with Crippen LogP contribution >= 0.6 is 0 Å². The Kier molecular flexibility index (Phi) is 4.88. The van der Waals surface area contributed by atoms with Gasteiger partial charge in [-0.2, -0.15) is 5.10 Å². The quantitative estimate of drug-likeness (QED) is 0.820. The molecule has 1 atom stereocenters. The number of hydrogen-bond acceptors (Lipinski definition) is 3. The third-order valence-electron chi connectivity index (χ3n) is 3.27. The van der Waals surface area contributed by atoms with E-state index in [2.05, 4.69) is 10.4 Å². The van der Waals surface area contributed by atoms with Gasteiger partial charge >= 0.3 is 0 Å². The van der Waals surface area contributed by atoms with Crippen molar-refractivity contribution in [3.05, 3.63) is 53.6 Å². The molecule has 1 aromatic carbocycles. The summed E-state index contributed by atoms with van der Waals surface area (Å²) < 4.78 is 14.4. The molecule has 0 radical (unpaired) electrons. The first-order chi connectivity index (χ1) is 10.5. The standard InChI is InChI=1S/C15H17FN4O2/c1-20-9-12(8-19-20)15(22)18-7-11(14(17)21)6-10-2-4-13(16)5-3-10/h2-5,8-9,11H,6-7H2,1H3,(H2,17,21)(H,18,22)/t11-/m1/s1. The van der Waals surface area contributed by atoms with Crippen LogP contribution in [0.2, 0.25) is 0 Å². The summed E-state index contributed by atoms with van der Waals surface area (Å²) in [4.78, 5) is 23.4. The second-order valence-electron chi connectivity index (χ2n) is 5.04. The Morgan fingerprint density at radius 2 is 2.05 bits per heavy atom. The molecule has 0 saturated carbocycles. The van der Waals surface area contributed by atoms with Crippen LogP contribution in [0.5, 0.6) is 0 Å². The fourth-order valence-corrected chi connectivity index (χ4v) is 2.03. The minimum Gasteiger partial charge on any atom is -0.369 e. The maximum Gasteiger partial charge on any atom is 0.254 e. The number of carbonyl (C=O) groups excluding carboxylic acids is 2. The highest BCUT2D eigenvalue weighted by Gasteiger charge is 2.18. The molecule has 2 rings (SSSR count). The van der Waals surface area contributed by atoms with Gasteiger partial charge in [-0.25, -0.2) is 4.39 Å². The van der Waals surface area contributed by atoms with Gasteiger partial charge in [-0.1, -0.05) is 12.1 Å². The molecule has 2 amide bonds. The Balaban J connectivity index is 1.95. The first-order valence-electron chi connectivity index (χ1n) is 6.76. The second kappa shape index (κ2) is 6.84. The SMILES string of the molecule is Cn1cc(C(=O)NC[C@@H](Cc2ccc(F)cc2)C(N)=O)cn1. The molecule has 22 heavy (non-hydrogen) atoms. The number of nitrogens with one attached hydrogen (secondary N) is 1. The highest BCUT2D eigenvalue weighted by atomic mass is 19.1. The number of halogens is 1. The van der Waals surface area contributed by atoms with Crippen LogP contribution in [-0.2, 0) is 18.3 Å². The Labute approximate surface area is 127 Å². The van der Waals surface area contributed by atoms with Gasteiger partial charge < -0.3 is 11.1 Å². The molecule has 2 aromatic rings. The maximum atomic E-state index is 12.9. The molecule has 3 N–H and O–H groups in total. The number of carbonyl (C=O) groups is 2. The van der Waals surface area contributed by atoms with Crippen molar-refractivity contribution in [1.29, 1.82) is 0 Å². The van der Waals surface area contributed by atoms with E-state index in [0.717, 1.165) is 5.56 Å². The molecule has 0 unspecified atom stereocenters. The molecule has 0 aliphatic carbocycles. The summed E-state index contributed by atoms with van der Waals surface area (Å²) in [6.07, 6.45) is 3.35. The molecule has 6 nitrogen and oxygen atoms in total. The van der Waals surface area contributed by atoms with E-state index in [0.29, 0.717) is 12.0 Å². The van der Waals surface area contributed by atoms with Crippen LogP contribution in [0.1, 0.15) is 15.9 Å². The zero-order valence-corrected chi connectivity index (χ0v) is 12.1. The molecule has 0 aliphatic heterocycles. The lowest BCUT2D eigenvalue weighted by Gasteiger charge is -2.14. The van der Waals surface area contributed by atoms with Gasteiger partial charge in [0.2, 0.25) is 5.91 Å². The van der Waals surface area contributed by atoms with Crippen LogP contribution in [0.3, 0.4) is 0 Å². The van der Waals surface area contributed by atoms with Gasteiger partial charge in [-0.15, -0.1) is 0 Å². The Morgan fingerprint density at radius 1 is 1.36 bits per heavy atom. The topological polar surface area (TPSA) is 90.0 Å². The summed E-state index contributed by atoms with van der Waals surface area (Å²) in [5, 5.41) is 6.56. The number of nitrogens with zero attached hydrogens (tertiary/aromatic N) is 2. The third kappa shape index (κ3) is 4.15. The van der Waals surface area contributed by atoms with Crippen LogP contribution < -0.4 is 11.1 Å². The molecule has 1 heterocycles. The van der Waals surface area contributed by atoms with Crippen molar-refractivity contribution in [1.82, 2.24) is 15.1 Å². The van der Waals surface area contributed by atoms with Crippen LogP contribution in [0, 0.1) is 11.7 Å². The number of rotatable bonds is 6. The van der Waals surface area contributed by atoms with Gasteiger partial charge in [0.1, 0.15) is 5.82 Å². The number of aryl methyl sites for hydroxylation is 1. The number of benzene rings is 1. The van der Waals surface area contributed by atoms with Crippen LogP contribution in [0.4, 0.5) is 4.39 Å². The first kappa shape index (κ1) is 15.7. The predicted octanol–water partition coefficient (Wildman–Crippen LogP) is 0.633. The van der Waals surface area contributed by atoms with Gasteiger partial charge in [-0.3, -0.25) is 14.3 Å². The van der Waals surface area contributed by atoms with E-state index < -0.39 is 11.8 Å². The minimum absolute atomic E-state index is 0.112. The average Bonchev–Trinajstić information content (AvgIpc) is 2.91. The molecular formula is C15H17FN4O2. The van der Waals surface area contributed by atoms with E-state index in [-0.39, 0.29) is 18.3 Å². The molecule has 7 heteroatoms. The maximum absolute atomic E-state index is 12.9. The zero-order chi connectivity index (χ0) is 16.1. The number of amides is 2. The fraction of sp³-hybridized carbons (Fsp3) is 0.267. The van der Waals surface area contributed by atoms with Crippen molar-refractivity contribution in [3.8, 4) is 0 Å². The second-order valence-corrected chi connectivity index (χ2v) is 5.04. The molecule has 0 bridgehead atoms. The summed E-state index contributed by atoms with van der Waals surface area (Å²) in [7, 11) is 1.71. The molecular weight excluding hydrogens is 287 g/mol. The van der Waals surface area contributed by atoms with Gasteiger partial charge in [0.25, 0.3) is 5.91 Å². The Bertz CT molecular complexity index is 666. The molecule has 0 spiro atoms. The summed E-state index contributed by atoms with van der Waals surface area (Å²) >= 11 is 0. The van der Waals surface area contributed by atoms with Crippen LogP contribution in [-0.4, -0.2) is 28.1 Å². The fourth-order valence-electron chi connectivity index (χ4n) is 2.03. The predicted molar refractivity (Wildman–Crippen MR) is 78.3 cm³/mol. The highest BCUT2D eigenvalue weighted by molar-refractivity contribution is 5.94. The van der Waals surface area contributed by atoms with E-state index >= 15 is 0 Å². The summed E-state index contributed by atoms with van der Waals surface area (Å²) in [6, 6.07) is 5.83. The monoisotopic (exact) mass is 304 g/mol. The van der Waals surface area contributed by atoms with Crippen molar-refractivity contribution in [2.45, 2.75) is 6.42 Å². The molecule has 0 saturated heterocycles. The van der Waals surface area contributed by atoms with Crippen LogP contribution in [0.15, 0.2) is 36.7 Å². The number of primary amides is 1. The Hall–Kier alpha value is -2.70. The van der Waals surface area contributed by atoms with E-state index in [4.69, 9.17) is 5.73 Å². The first-order valence-corrected chi connectivity index (χ1v) is 6.76. The zero-order valence-electron chi connectivity index (χ0n) is 12.1. The number of hydrogen-bond donors (Lipinski definition) is 2. The van der Waals surface area contributed by atoms with Crippen molar-refractivity contribution < 1.29 is 14.0 Å². The largest absolute Gasteiger partial charge is 0.369 e. The van der Waals surface area contributed by atoms with Crippen molar-refractivity contribution in [3.63, 3.8) is 0 Å². The molecule has 1 aromatic heterocycles. The number of nitrogens with two attached hydrogens (primary N) is 1. The van der Waals surface area contributed by atoms with Gasteiger partial charge in [0, 0.05) is 19.8 Å². The number of aromatic nitrogens is 2. The Morgan fingerprint density at radius 3 is 2.59 bits per heavy atom. The molecule has 0 aliphatic rings. The van der Waals surface area contributed by atoms with Crippen molar-refractivity contribution >= 4 is 11.8 Å². The lowest BCUT2D eigenvalue weighted by atomic mass is 9.98. The van der Waals surface area contributed by atoms with E-state index in [1.54, 1.807) is 25.4 Å². The van der Waals surface area contributed by atoms with Crippen LogP contribution in [0.25, 0.3) is 0 Å². The summed E-state index contributed by atoms with van der Waals surface area (Å²) in [6.45, 7) is 0.112. The van der Waals surface area contributed by atoms with E-state index in [1.807, 2.05) is 0 Å². The lowest BCUT2D eigenvalue weighted by molar-refractivity contribution is -0.121. The van der Waals surface area contributed by atoms with Gasteiger partial charge in [0.05, 0.1) is 17.7 Å². The molecule has 116 valence electrons. The van der Waals surface area contributed by atoms with Crippen molar-refractivity contribution in [2.75, 3.05) is 6.54 Å². The normalized spacial score (nSPS) is 11.9.